The van der Waals surface area contributed by atoms with Crippen LogP contribution in [-0.4, -0.2) is 36.5 Å². The number of fused-ring (bicyclic) bond motifs is 3. The predicted molar refractivity (Wildman–Crippen MR) is 82.2 cm³/mol. The molecule has 1 aromatic carbocycles. The van der Waals surface area contributed by atoms with Crippen molar-refractivity contribution >= 4 is 27.3 Å². The van der Waals surface area contributed by atoms with Crippen LogP contribution in [0.1, 0.15) is 23.2 Å². The zero-order valence-corrected chi connectivity index (χ0v) is 12.2. The lowest BCUT2D eigenvalue weighted by Gasteiger charge is -2.30. The number of amides is 1. The molecule has 1 amide bonds. The van der Waals surface area contributed by atoms with E-state index in [9.17, 15) is 4.79 Å². The second-order valence-corrected chi connectivity index (χ2v) is 6.94. The minimum Gasteiger partial charge on any atom is -0.348 e. The lowest BCUT2D eigenvalue weighted by molar-refractivity contribution is 0.0909. The van der Waals surface area contributed by atoms with Crippen molar-refractivity contribution in [2.45, 2.75) is 18.9 Å². The summed E-state index contributed by atoms with van der Waals surface area (Å²) in [5.74, 6) is 0.860. The molecule has 0 radical (unpaired) electrons. The summed E-state index contributed by atoms with van der Waals surface area (Å²) in [5, 5.41) is 6.45. The van der Waals surface area contributed by atoms with Gasteiger partial charge in [-0.2, -0.15) is 0 Å². The van der Waals surface area contributed by atoms with E-state index < -0.39 is 0 Å². The molecule has 4 rings (SSSR count). The molecule has 1 unspecified atom stereocenters. The molecule has 104 valence electrons. The first-order valence-corrected chi connectivity index (χ1v) is 8.16. The maximum atomic E-state index is 12.4. The summed E-state index contributed by atoms with van der Waals surface area (Å²) in [6.07, 6.45) is 2.44. The first-order chi connectivity index (χ1) is 9.78. The van der Waals surface area contributed by atoms with Gasteiger partial charge < -0.3 is 10.2 Å². The Balaban J connectivity index is 1.49. The summed E-state index contributed by atoms with van der Waals surface area (Å²) in [6.45, 7) is 3.45. The quantitative estimate of drug-likeness (QED) is 0.920. The Morgan fingerprint density at radius 3 is 3.15 bits per heavy atom. The van der Waals surface area contributed by atoms with Crippen LogP contribution >= 0.6 is 11.3 Å². The number of rotatable bonds is 2. The van der Waals surface area contributed by atoms with E-state index in [4.69, 9.17) is 0 Å². The van der Waals surface area contributed by atoms with Crippen molar-refractivity contribution in [1.82, 2.24) is 10.2 Å². The smallest absolute Gasteiger partial charge is 0.251 e. The Bertz CT molecular complexity index is 639. The van der Waals surface area contributed by atoms with E-state index >= 15 is 0 Å². The number of carbonyl (C=O) groups is 1. The summed E-state index contributed by atoms with van der Waals surface area (Å²) in [4.78, 5) is 14.9. The van der Waals surface area contributed by atoms with E-state index in [-0.39, 0.29) is 5.91 Å². The van der Waals surface area contributed by atoms with Crippen molar-refractivity contribution in [1.29, 1.82) is 0 Å². The molecule has 0 aliphatic carbocycles. The monoisotopic (exact) mass is 286 g/mol. The SMILES string of the molecule is O=C(N[C@@H]1C[C@@H]2CCN(C2)C1)c1ccc2sccc2c1. The van der Waals surface area contributed by atoms with Crippen molar-refractivity contribution in [2.24, 2.45) is 5.92 Å². The molecule has 2 aliphatic rings. The third kappa shape index (κ3) is 2.23. The maximum absolute atomic E-state index is 12.4. The number of hydrogen-bond acceptors (Lipinski definition) is 3. The van der Waals surface area contributed by atoms with Crippen molar-refractivity contribution in [2.75, 3.05) is 19.6 Å². The molecular formula is C16H18N2OS. The second kappa shape index (κ2) is 4.86. The fourth-order valence-corrected chi connectivity index (χ4v) is 4.31. The third-order valence-corrected chi connectivity index (χ3v) is 5.41. The van der Waals surface area contributed by atoms with Crippen LogP contribution in [-0.2, 0) is 0 Å². The molecule has 3 atom stereocenters. The molecular weight excluding hydrogens is 268 g/mol. The topological polar surface area (TPSA) is 32.3 Å². The molecule has 1 aromatic heterocycles. The number of thiophene rings is 1. The van der Waals surface area contributed by atoms with E-state index in [1.807, 2.05) is 18.2 Å². The van der Waals surface area contributed by atoms with Crippen LogP contribution in [0.3, 0.4) is 0 Å². The molecule has 2 aromatic rings. The summed E-state index contributed by atoms with van der Waals surface area (Å²) < 4.78 is 1.24. The molecule has 0 spiro atoms. The van der Waals surface area contributed by atoms with Gasteiger partial charge in [0.05, 0.1) is 0 Å². The van der Waals surface area contributed by atoms with Crippen molar-refractivity contribution in [3.63, 3.8) is 0 Å². The van der Waals surface area contributed by atoms with Crippen molar-refractivity contribution in [3.8, 4) is 0 Å². The Morgan fingerprint density at radius 1 is 1.30 bits per heavy atom. The van der Waals surface area contributed by atoms with Crippen LogP contribution in [0.25, 0.3) is 10.1 Å². The van der Waals surface area contributed by atoms with Gasteiger partial charge in [0.2, 0.25) is 0 Å². The molecule has 20 heavy (non-hydrogen) atoms. The number of nitrogens with one attached hydrogen (secondary N) is 1. The first kappa shape index (κ1) is 12.4. The normalized spacial score (nSPS) is 28.7. The first-order valence-electron chi connectivity index (χ1n) is 7.28. The Kier molecular flexibility index (Phi) is 3.00. The second-order valence-electron chi connectivity index (χ2n) is 5.99. The molecule has 3 nitrogen and oxygen atoms in total. The van der Waals surface area contributed by atoms with E-state index in [0.29, 0.717) is 6.04 Å². The van der Waals surface area contributed by atoms with Gasteiger partial charge >= 0.3 is 0 Å². The summed E-state index contributed by atoms with van der Waals surface area (Å²) in [6, 6.07) is 8.37. The van der Waals surface area contributed by atoms with Gasteiger partial charge in [0.1, 0.15) is 0 Å². The highest BCUT2D eigenvalue weighted by molar-refractivity contribution is 7.17. The fourth-order valence-electron chi connectivity index (χ4n) is 3.54. The Morgan fingerprint density at radius 2 is 2.25 bits per heavy atom. The maximum Gasteiger partial charge on any atom is 0.251 e. The van der Waals surface area contributed by atoms with Gasteiger partial charge in [-0.1, -0.05) is 0 Å². The van der Waals surface area contributed by atoms with E-state index in [1.165, 1.54) is 24.2 Å². The number of benzene rings is 1. The standard InChI is InChI=1S/C16H18N2OS/c19-16(13-1-2-15-12(8-13)4-6-20-15)17-14-7-11-3-5-18(9-11)10-14/h1-2,4,6,8,11,14H,3,5,7,9-10H2,(H,17,19)/t11-,14+/m0/s1. The van der Waals surface area contributed by atoms with Crippen LogP contribution in [0.5, 0.6) is 0 Å². The van der Waals surface area contributed by atoms with Gasteiger partial charge in [-0.05, 0) is 60.3 Å². The zero-order valence-electron chi connectivity index (χ0n) is 11.3. The summed E-state index contributed by atoms with van der Waals surface area (Å²) in [7, 11) is 0. The minimum atomic E-state index is 0.0746. The van der Waals surface area contributed by atoms with E-state index in [1.54, 1.807) is 11.3 Å². The van der Waals surface area contributed by atoms with Gasteiger partial charge in [-0.25, -0.2) is 0 Å². The number of hydrogen-bond donors (Lipinski definition) is 1. The van der Waals surface area contributed by atoms with Gasteiger partial charge in [0, 0.05) is 29.4 Å². The molecule has 1 N–H and O–H groups in total. The zero-order chi connectivity index (χ0) is 13.5. The fraction of sp³-hybridized carbons (Fsp3) is 0.438. The highest BCUT2D eigenvalue weighted by Crippen LogP contribution is 2.27. The number of nitrogens with zero attached hydrogens (tertiary/aromatic N) is 1. The average molecular weight is 286 g/mol. The highest BCUT2D eigenvalue weighted by atomic mass is 32.1. The molecule has 2 aliphatic heterocycles. The van der Waals surface area contributed by atoms with Gasteiger partial charge in [-0.3, -0.25) is 4.79 Å². The minimum absolute atomic E-state index is 0.0746. The largest absolute Gasteiger partial charge is 0.348 e. The number of carbonyl (C=O) groups excluding carboxylic acids is 1. The van der Waals surface area contributed by atoms with E-state index in [2.05, 4.69) is 21.7 Å². The molecule has 3 heterocycles. The lowest BCUT2D eigenvalue weighted by Crippen LogP contribution is -2.47. The Hall–Kier alpha value is -1.39. The molecule has 2 fully saturated rings. The van der Waals surface area contributed by atoms with Crippen molar-refractivity contribution < 1.29 is 4.79 Å². The third-order valence-electron chi connectivity index (χ3n) is 4.52. The molecule has 4 heteroatoms. The lowest BCUT2D eigenvalue weighted by atomic mass is 9.96. The van der Waals surface area contributed by atoms with Crippen LogP contribution in [0.4, 0.5) is 0 Å². The van der Waals surface area contributed by atoms with E-state index in [0.717, 1.165) is 29.8 Å². The van der Waals surface area contributed by atoms with Gasteiger partial charge in [0.15, 0.2) is 0 Å². The number of piperidine rings is 1. The van der Waals surface area contributed by atoms with Crippen LogP contribution in [0, 0.1) is 5.92 Å². The highest BCUT2D eigenvalue weighted by Gasteiger charge is 2.32. The van der Waals surface area contributed by atoms with Crippen molar-refractivity contribution in [3.05, 3.63) is 35.2 Å². The van der Waals surface area contributed by atoms with Crippen LogP contribution in [0.2, 0.25) is 0 Å². The molecule has 2 bridgehead atoms. The van der Waals surface area contributed by atoms with Crippen LogP contribution < -0.4 is 5.32 Å². The predicted octanol–water partition coefficient (Wildman–Crippen LogP) is 2.73. The Labute approximate surface area is 122 Å². The molecule has 2 saturated heterocycles. The molecule has 0 saturated carbocycles. The van der Waals surface area contributed by atoms with Crippen LogP contribution in [0.15, 0.2) is 29.6 Å². The summed E-state index contributed by atoms with van der Waals surface area (Å²) >= 11 is 1.71. The van der Waals surface area contributed by atoms with Gasteiger partial charge in [-0.15, -0.1) is 11.3 Å². The average Bonchev–Trinajstić information content (AvgIpc) is 3.04. The van der Waals surface area contributed by atoms with Gasteiger partial charge in [0.25, 0.3) is 5.91 Å². The summed E-state index contributed by atoms with van der Waals surface area (Å²) in [5.41, 5.74) is 0.781.